The van der Waals surface area contributed by atoms with Crippen molar-refractivity contribution in [2.24, 2.45) is 0 Å². The Kier molecular flexibility index (Phi) is 3.99. The first-order chi connectivity index (χ1) is 10.2. The monoisotopic (exact) mass is 286 g/mol. The van der Waals surface area contributed by atoms with Crippen molar-refractivity contribution < 1.29 is 4.39 Å². The van der Waals surface area contributed by atoms with Crippen molar-refractivity contribution in [1.82, 2.24) is 9.97 Å². The van der Waals surface area contributed by atoms with E-state index in [0.29, 0.717) is 24.6 Å². The van der Waals surface area contributed by atoms with Crippen LogP contribution in [-0.2, 0) is 6.42 Å². The van der Waals surface area contributed by atoms with Crippen LogP contribution in [-0.4, -0.2) is 22.6 Å². The number of hydrogen-bond donors (Lipinski definition) is 2. The summed E-state index contributed by atoms with van der Waals surface area (Å²) in [6.07, 6.45) is 3.04. The van der Waals surface area contributed by atoms with Crippen LogP contribution in [0.2, 0.25) is 0 Å². The number of benzene rings is 1. The molecule has 4 nitrogen and oxygen atoms in total. The minimum Gasteiger partial charge on any atom is -0.370 e. The molecule has 0 unspecified atom stereocenters. The van der Waals surface area contributed by atoms with Gasteiger partial charge in [0.05, 0.1) is 0 Å². The SMILES string of the molecule is Cc1nc(NCCc2ccccc2F)cc(NC2CC2)n1. The van der Waals surface area contributed by atoms with Crippen LogP contribution in [0.15, 0.2) is 30.3 Å². The van der Waals surface area contributed by atoms with Crippen LogP contribution >= 0.6 is 0 Å². The van der Waals surface area contributed by atoms with Crippen LogP contribution in [0.25, 0.3) is 0 Å². The molecule has 0 atom stereocenters. The van der Waals surface area contributed by atoms with Crippen molar-refractivity contribution in [2.75, 3.05) is 17.2 Å². The Morgan fingerprint density at radius 1 is 1.19 bits per heavy atom. The quantitative estimate of drug-likeness (QED) is 0.856. The van der Waals surface area contributed by atoms with E-state index in [1.807, 2.05) is 25.1 Å². The molecular weight excluding hydrogens is 267 g/mol. The van der Waals surface area contributed by atoms with E-state index in [1.54, 1.807) is 6.07 Å². The van der Waals surface area contributed by atoms with Gasteiger partial charge in [-0.2, -0.15) is 0 Å². The van der Waals surface area contributed by atoms with Crippen LogP contribution in [0.4, 0.5) is 16.0 Å². The molecular formula is C16H19FN4. The summed E-state index contributed by atoms with van der Waals surface area (Å²) in [5.74, 6) is 2.21. The first kappa shape index (κ1) is 13.8. The van der Waals surface area contributed by atoms with Gasteiger partial charge in [-0.15, -0.1) is 0 Å². The Labute approximate surface area is 123 Å². The Morgan fingerprint density at radius 2 is 1.95 bits per heavy atom. The fourth-order valence-electron chi connectivity index (χ4n) is 2.20. The Morgan fingerprint density at radius 3 is 2.71 bits per heavy atom. The van der Waals surface area contributed by atoms with Gasteiger partial charge in [-0.25, -0.2) is 14.4 Å². The van der Waals surface area contributed by atoms with Gasteiger partial charge < -0.3 is 10.6 Å². The Balaban J connectivity index is 1.59. The number of nitrogens with zero attached hydrogens (tertiary/aromatic N) is 2. The van der Waals surface area contributed by atoms with Crippen LogP contribution in [0.3, 0.4) is 0 Å². The van der Waals surface area contributed by atoms with Gasteiger partial charge in [-0.05, 0) is 37.8 Å². The largest absolute Gasteiger partial charge is 0.370 e. The molecule has 1 aliphatic rings. The molecule has 0 bridgehead atoms. The lowest BCUT2D eigenvalue weighted by atomic mass is 10.1. The van der Waals surface area contributed by atoms with Gasteiger partial charge in [0.25, 0.3) is 0 Å². The first-order valence-electron chi connectivity index (χ1n) is 7.30. The molecule has 1 aromatic carbocycles. The lowest BCUT2D eigenvalue weighted by Gasteiger charge is -2.10. The molecule has 1 fully saturated rings. The standard InChI is InChI=1S/C16H19FN4/c1-11-19-15(10-16(20-11)21-13-6-7-13)18-9-8-12-4-2-3-5-14(12)17/h2-5,10,13H,6-9H2,1H3,(H2,18,19,20,21). The van der Waals surface area contributed by atoms with Crippen molar-refractivity contribution in [2.45, 2.75) is 32.2 Å². The third kappa shape index (κ3) is 3.90. The highest BCUT2D eigenvalue weighted by Crippen LogP contribution is 2.24. The molecule has 110 valence electrons. The molecule has 1 aliphatic carbocycles. The molecule has 2 N–H and O–H groups in total. The highest BCUT2D eigenvalue weighted by Gasteiger charge is 2.21. The van der Waals surface area contributed by atoms with Crippen molar-refractivity contribution in [3.8, 4) is 0 Å². The van der Waals surface area contributed by atoms with E-state index in [-0.39, 0.29) is 5.82 Å². The summed E-state index contributed by atoms with van der Waals surface area (Å²) in [6, 6.07) is 9.32. The predicted molar refractivity (Wildman–Crippen MR) is 82.0 cm³/mol. The van der Waals surface area contributed by atoms with E-state index < -0.39 is 0 Å². The molecule has 1 saturated carbocycles. The number of nitrogens with one attached hydrogen (secondary N) is 2. The Bertz CT molecular complexity index is 625. The molecule has 1 heterocycles. The van der Waals surface area contributed by atoms with Crippen molar-refractivity contribution in [1.29, 1.82) is 0 Å². The van der Waals surface area contributed by atoms with Crippen LogP contribution in [0.1, 0.15) is 24.2 Å². The molecule has 3 rings (SSSR count). The average Bonchev–Trinajstić information content (AvgIpc) is 3.24. The van der Waals surface area contributed by atoms with Gasteiger partial charge in [0, 0.05) is 18.7 Å². The summed E-state index contributed by atoms with van der Waals surface area (Å²) in [5, 5.41) is 6.60. The van der Waals surface area contributed by atoms with Crippen LogP contribution < -0.4 is 10.6 Å². The molecule has 0 aliphatic heterocycles. The summed E-state index contributed by atoms with van der Waals surface area (Å²) in [4.78, 5) is 8.73. The first-order valence-corrected chi connectivity index (χ1v) is 7.30. The number of anilines is 2. The number of halogens is 1. The maximum Gasteiger partial charge on any atom is 0.132 e. The smallest absolute Gasteiger partial charge is 0.132 e. The van der Waals surface area contributed by atoms with Crippen LogP contribution in [0, 0.1) is 12.7 Å². The zero-order chi connectivity index (χ0) is 14.7. The maximum atomic E-state index is 13.5. The fourth-order valence-corrected chi connectivity index (χ4v) is 2.20. The zero-order valence-electron chi connectivity index (χ0n) is 12.1. The second-order valence-electron chi connectivity index (χ2n) is 5.37. The van der Waals surface area contributed by atoms with E-state index in [4.69, 9.17) is 0 Å². The fraction of sp³-hybridized carbons (Fsp3) is 0.375. The van der Waals surface area contributed by atoms with Crippen molar-refractivity contribution >= 4 is 11.6 Å². The average molecular weight is 286 g/mol. The lowest BCUT2D eigenvalue weighted by Crippen LogP contribution is -2.10. The van der Waals surface area contributed by atoms with Gasteiger partial charge in [0.2, 0.25) is 0 Å². The Hall–Kier alpha value is -2.17. The second kappa shape index (κ2) is 6.08. The molecule has 0 amide bonds. The molecule has 0 saturated heterocycles. The van der Waals surface area contributed by atoms with Crippen molar-refractivity contribution in [3.63, 3.8) is 0 Å². The maximum absolute atomic E-state index is 13.5. The minimum atomic E-state index is -0.158. The number of aromatic nitrogens is 2. The van der Waals surface area contributed by atoms with Gasteiger partial charge in [-0.3, -0.25) is 0 Å². The summed E-state index contributed by atoms with van der Waals surface area (Å²) in [5.41, 5.74) is 0.715. The number of hydrogen-bond acceptors (Lipinski definition) is 4. The minimum absolute atomic E-state index is 0.158. The van der Waals surface area contributed by atoms with Gasteiger partial charge >= 0.3 is 0 Å². The third-order valence-corrected chi connectivity index (χ3v) is 3.43. The molecule has 2 aromatic rings. The van der Waals surface area contributed by atoms with Gasteiger partial charge in [-0.1, -0.05) is 18.2 Å². The van der Waals surface area contributed by atoms with E-state index in [9.17, 15) is 4.39 Å². The summed E-state index contributed by atoms with van der Waals surface area (Å²) >= 11 is 0. The summed E-state index contributed by atoms with van der Waals surface area (Å²) in [7, 11) is 0. The van der Waals surface area contributed by atoms with Crippen LogP contribution in [0.5, 0.6) is 0 Å². The van der Waals surface area contributed by atoms with Gasteiger partial charge in [0.1, 0.15) is 23.3 Å². The predicted octanol–water partition coefficient (Wildman–Crippen LogP) is 3.15. The molecule has 21 heavy (non-hydrogen) atoms. The van der Waals surface area contributed by atoms with Gasteiger partial charge in [0.15, 0.2) is 0 Å². The number of aryl methyl sites for hydroxylation is 1. The highest BCUT2D eigenvalue weighted by atomic mass is 19.1. The normalized spacial score (nSPS) is 14.0. The van der Waals surface area contributed by atoms with E-state index in [0.717, 1.165) is 17.5 Å². The van der Waals surface area contributed by atoms with Crippen molar-refractivity contribution in [3.05, 3.63) is 47.5 Å². The van der Waals surface area contributed by atoms with E-state index in [1.165, 1.54) is 18.9 Å². The second-order valence-corrected chi connectivity index (χ2v) is 5.37. The topological polar surface area (TPSA) is 49.8 Å². The number of rotatable bonds is 6. The zero-order valence-corrected chi connectivity index (χ0v) is 12.1. The van der Waals surface area contributed by atoms with E-state index in [2.05, 4.69) is 20.6 Å². The summed E-state index contributed by atoms with van der Waals surface area (Å²) in [6.45, 7) is 2.51. The summed E-state index contributed by atoms with van der Waals surface area (Å²) < 4.78 is 13.5. The molecule has 5 heteroatoms. The molecule has 1 aromatic heterocycles. The highest BCUT2D eigenvalue weighted by molar-refractivity contribution is 5.48. The third-order valence-electron chi connectivity index (χ3n) is 3.43. The van der Waals surface area contributed by atoms with E-state index >= 15 is 0 Å². The lowest BCUT2D eigenvalue weighted by molar-refractivity contribution is 0.610. The molecule has 0 spiro atoms. The molecule has 0 radical (unpaired) electrons.